The Balaban J connectivity index is 1.67. The number of likely N-dealkylation sites (tertiary alicyclic amines) is 1. The van der Waals surface area contributed by atoms with E-state index in [4.69, 9.17) is 4.42 Å². The molecule has 3 rings (SSSR count). The van der Waals surface area contributed by atoms with Crippen LogP contribution in [0.5, 0.6) is 0 Å². The van der Waals surface area contributed by atoms with Crippen molar-refractivity contribution in [2.75, 3.05) is 13.1 Å². The predicted octanol–water partition coefficient (Wildman–Crippen LogP) is 3.17. The van der Waals surface area contributed by atoms with Gasteiger partial charge in [-0.05, 0) is 25.5 Å². The minimum absolute atomic E-state index is 0.163. The summed E-state index contributed by atoms with van der Waals surface area (Å²) in [6, 6.07) is 3.62. The number of hydrogen-bond donors (Lipinski definition) is 0. The lowest BCUT2D eigenvalue weighted by Gasteiger charge is -2.15. The fourth-order valence-corrected chi connectivity index (χ4v) is 3.12. The van der Waals surface area contributed by atoms with Crippen LogP contribution in [0.15, 0.2) is 21.9 Å². The average Bonchev–Trinajstić information content (AvgIpc) is 3.16. The molecule has 2 aromatic rings. The number of carbonyl (C=O) groups is 1. The number of carbonyl (C=O) groups excluding carboxylic acids is 1. The molecule has 0 N–H and O–H groups in total. The van der Waals surface area contributed by atoms with Crippen molar-refractivity contribution >= 4 is 17.2 Å². The number of halogens is 2. The van der Waals surface area contributed by atoms with Crippen LogP contribution in [0.25, 0.3) is 10.8 Å². The molecule has 118 valence electrons. The van der Waals surface area contributed by atoms with Crippen molar-refractivity contribution in [3.05, 3.63) is 29.0 Å². The second-order valence-corrected chi connectivity index (χ2v) is 5.86. The number of hydrogen-bond acceptors (Lipinski definition) is 5. The molecule has 0 saturated carbocycles. The number of aryl methyl sites for hydroxylation is 1. The molecule has 5 nitrogen and oxygen atoms in total. The molecule has 1 fully saturated rings. The van der Waals surface area contributed by atoms with Gasteiger partial charge in [-0.2, -0.15) is 8.78 Å². The molecule has 3 heterocycles. The summed E-state index contributed by atoms with van der Waals surface area (Å²) in [5.74, 6) is 1.11. The van der Waals surface area contributed by atoms with Gasteiger partial charge in [-0.3, -0.25) is 4.79 Å². The molecule has 0 spiro atoms. The van der Waals surface area contributed by atoms with Crippen molar-refractivity contribution in [1.29, 1.82) is 0 Å². The number of ether oxygens (including phenoxy) is 1. The molecule has 1 saturated heterocycles. The molecule has 0 radical (unpaired) electrons. The fourth-order valence-electron chi connectivity index (χ4n) is 2.37. The van der Waals surface area contributed by atoms with E-state index in [1.54, 1.807) is 11.4 Å². The van der Waals surface area contributed by atoms with Gasteiger partial charge in [0.25, 0.3) is 5.91 Å². The van der Waals surface area contributed by atoms with E-state index in [0.29, 0.717) is 29.4 Å². The smallest absolute Gasteiger partial charge is 0.345 e. The van der Waals surface area contributed by atoms with Gasteiger partial charge in [0.05, 0.1) is 6.10 Å². The van der Waals surface area contributed by atoms with Crippen molar-refractivity contribution in [3.8, 4) is 10.8 Å². The Morgan fingerprint density at radius 3 is 3.05 bits per heavy atom. The van der Waals surface area contributed by atoms with Gasteiger partial charge in [-0.25, -0.2) is 4.98 Å². The minimum atomic E-state index is -2.81. The van der Waals surface area contributed by atoms with E-state index >= 15 is 0 Å². The molecule has 8 heteroatoms. The summed E-state index contributed by atoms with van der Waals surface area (Å²) in [5, 5.41) is 2.27. The zero-order valence-corrected chi connectivity index (χ0v) is 12.6. The monoisotopic (exact) mass is 328 g/mol. The van der Waals surface area contributed by atoms with Crippen LogP contribution in [0.1, 0.15) is 22.7 Å². The van der Waals surface area contributed by atoms with Crippen LogP contribution in [0.4, 0.5) is 8.78 Å². The molecule has 0 aromatic carbocycles. The molecular weight excluding hydrogens is 314 g/mol. The zero-order valence-electron chi connectivity index (χ0n) is 11.8. The fraction of sp³-hybridized carbons (Fsp3) is 0.429. The van der Waals surface area contributed by atoms with Crippen LogP contribution in [0.2, 0.25) is 0 Å². The first-order chi connectivity index (χ1) is 10.5. The molecular formula is C14H14F2N2O3S. The molecule has 1 aliphatic heterocycles. The number of furan rings is 1. The average molecular weight is 328 g/mol. The molecule has 1 aliphatic rings. The Morgan fingerprint density at radius 2 is 2.36 bits per heavy atom. The molecule has 0 bridgehead atoms. The topological polar surface area (TPSA) is 55.6 Å². The van der Waals surface area contributed by atoms with E-state index in [1.807, 2.05) is 13.0 Å². The van der Waals surface area contributed by atoms with Crippen LogP contribution < -0.4 is 0 Å². The van der Waals surface area contributed by atoms with Gasteiger partial charge < -0.3 is 14.1 Å². The van der Waals surface area contributed by atoms with Crippen LogP contribution in [0.3, 0.4) is 0 Å². The SMILES string of the molecule is Cc1ccc(-c2nc(C(=O)N3CC[C@H](OC(F)F)C3)cs2)o1. The van der Waals surface area contributed by atoms with Crippen molar-refractivity contribution < 1.29 is 22.7 Å². The standard InChI is InChI=1S/C14H14F2N2O3S/c1-8-2-3-11(20-8)12-17-10(7-22-12)13(19)18-5-4-9(6-18)21-14(15)16/h2-3,7,9,14H,4-6H2,1H3/t9-/m0/s1. The first-order valence-electron chi connectivity index (χ1n) is 6.78. The first-order valence-corrected chi connectivity index (χ1v) is 7.66. The maximum atomic E-state index is 12.3. The number of alkyl halides is 2. The molecule has 2 aromatic heterocycles. The normalized spacial score (nSPS) is 18.4. The Labute approximate surface area is 129 Å². The van der Waals surface area contributed by atoms with Gasteiger partial charge in [0, 0.05) is 18.5 Å². The number of thiazole rings is 1. The predicted molar refractivity (Wildman–Crippen MR) is 76.0 cm³/mol. The Kier molecular flexibility index (Phi) is 4.21. The first kappa shape index (κ1) is 15.1. The number of aromatic nitrogens is 1. The summed E-state index contributed by atoms with van der Waals surface area (Å²) in [5.41, 5.74) is 0.298. The van der Waals surface area contributed by atoms with E-state index < -0.39 is 12.7 Å². The van der Waals surface area contributed by atoms with E-state index in [2.05, 4.69) is 9.72 Å². The van der Waals surface area contributed by atoms with Crippen LogP contribution >= 0.6 is 11.3 Å². The van der Waals surface area contributed by atoms with E-state index in [-0.39, 0.29) is 12.5 Å². The molecule has 22 heavy (non-hydrogen) atoms. The van der Waals surface area contributed by atoms with E-state index in [9.17, 15) is 13.6 Å². The molecule has 0 unspecified atom stereocenters. The quantitative estimate of drug-likeness (QED) is 0.865. The van der Waals surface area contributed by atoms with E-state index in [1.165, 1.54) is 16.2 Å². The summed E-state index contributed by atoms with van der Waals surface area (Å²) in [7, 11) is 0. The van der Waals surface area contributed by atoms with Gasteiger partial charge in [0.2, 0.25) is 0 Å². The summed E-state index contributed by atoms with van der Waals surface area (Å²) < 4.78 is 34.3. The largest absolute Gasteiger partial charge is 0.459 e. The number of nitrogens with zero attached hydrogens (tertiary/aromatic N) is 2. The highest BCUT2D eigenvalue weighted by Gasteiger charge is 2.30. The lowest BCUT2D eigenvalue weighted by molar-refractivity contribution is -0.158. The summed E-state index contributed by atoms with van der Waals surface area (Å²) in [4.78, 5) is 18.1. The third-order valence-corrected chi connectivity index (χ3v) is 4.26. The second-order valence-electron chi connectivity index (χ2n) is 5.01. The van der Waals surface area contributed by atoms with Crippen LogP contribution in [0, 0.1) is 6.92 Å². The summed E-state index contributed by atoms with van der Waals surface area (Å²) in [6.07, 6.45) is -0.209. The highest BCUT2D eigenvalue weighted by atomic mass is 32.1. The van der Waals surface area contributed by atoms with Crippen molar-refractivity contribution in [3.63, 3.8) is 0 Å². The maximum absolute atomic E-state index is 12.3. The Morgan fingerprint density at radius 1 is 1.55 bits per heavy atom. The molecule has 0 aliphatic carbocycles. The van der Waals surface area contributed by atoms with Gasteiger partial charge in [0.1, 0.15) is 11.5 Å². The zero-order chi connectivity index (χ0) is 15.7. The van der Waals surface area contributed by atoms with Crippen LogP contribution in [-0.2, 0) is 4.74 Å². The second kappa shape index (κ2) is 6.13. The van der Waals surface area contributed by atoms with Gasteiger partial charge in [-0.1, -0.05) is 0 Å². The number of rotatable bonds is 4. The lowest BCUT2D eigenvalue weighted by Crippen LogP contribution is -2.30. The van der Waals surface area contributed by atoms with Crippen LogP contribution in [-0.4, -0.2) is 41.6 Å². The summed E-state index contributed by atoms with van der Waals surface area (Å²) in [6.45, 7) is -0.428. The lowest BCUT2D eigenvalue weighted by atomic mass is 10.3. The third-order valence-electron chi connectivity index (χ3n) is 3.40. The highest BCUT2D eigenvalue weighted by Crippen LogP contribution is 2.27. The Hall–Kier alpha value is -1.80. The maximum Gasteiger partial charge on any atom is 0.345 e. The van der Waals surface area contributed by atoms with Gasteiger partial charge >= 0.3 is 6.61 Å². The highest BCUT2D eigenvalue weighted by molar-refractivity contribution is 7.13. The van der Waals surface area contributed by atoms with Gasteiger partial charge in [-0.15, -0.1) is 11.3 Å². The molecule has 1 amide bonds. The minimum Gasteiger partial charge on any atom is -0.459 e. The number of amides is 1. The van der Waals surface area contributed by atoms with Crippen molar-refractivity contribution in [2.45, 2.75) is 26.1 Å². The van der Waals surface area contributed by atoms with Gasteiger partial charge in [0.15, 0.2) is 10.8 Å². The molecule has 1 atom stereocenters. The third kappa shape index (κ3) is 3.17. The van der Waals surface area contributed by atoms with Crippen molar-refractivity contribution in [1.82, 2.24) is 9.88 Å². The van der Waals surface area contributed by atoms with Crippen molar-refractivity contribution in [2.24, 2.45) is 0 Å². The summed E-state index contributed by atoms with van der Waals surface area (Å²) >= 11 is 1.31. The Bertz CT molecular complexity index is 671. The van der Waals surface area contributed by atoms with E-state index in [0.717, 1.165) is 5.76 Å².